The van der Waals surface area contributed by atoms with Crippen molar-refractivity contribution in [1.29, 1.82) is 0 Å². The molecule has 3 aromatic carbocycles. The molecule has 3 aromatic rings. The second-order valence-electron chi connectivity index (χ2n) is 5.26. The molecule has 2 nitrogen and oxygen atoms in total. The number of hydrogen-bond donors (Lipinski definition) is 0. The molecule has 0 unspecified atom stereocenters. The van der Waals surface area contributed by atoms with Gasteiger partial charge in [-0.1, -0.05) is 48.2 Å². The fraction of sp³-hybridized carbons (Fsp3) is 0.100. The van der Waals surface area contributed by atoms with Crippen molar-refractivity contribution in [2.45, 2.75) is 23.0 Å². The van der Waals surface area contributed by atoms with Gasteiger partial charge in [0, 0.05) is 4.90 Å². The van der Waals surface area contributed by atoms with E-state index in [1.165, 1.54) is 23.9 Å². The van der Waals surface area contributed by atoms with Crippen molar-refractivity contribution in [2.24, 2.45) is 0 Å². The number of benzene rings is 3. The van der Waals surface area contributed by atoms with Crippen molar-refractivity contribution < 1.29 is 14.2 Å². The van der Waals surface area contributed by atoms with Gasteiger partial charge < -0.3 is 4.74 Å². The third kappa shape index (κ3) is 4.37. The second kappa shape index (κ2) is 7.99. The summed E-state index contributed by atoms with van der Waals surface area (Å²) in [7, 11) is 0. The molecule has 0 spiro atoms. The lowest BCUT2D eigenvalue weighted by atomic mass is 10.2. The van der Waals surface area contributed by atoms with Crippen LogP contribution < -0.4 is 4.74 Å². The summed E-state index contributed by atoms with van der Waals surface area (Å²) in [5.74, 6) is 0.443. The minimum absolute atomic E-state index is 0.270. The van der Waals surface area contributed by atoms with E-state index in [0.29, 0.717) is 17.9 Å². The van der Waals surface area contributed by atoms with Crippen LogP contribution in [0, 0.1) is 5.82 Å². The Bertz CT molecular complexity index is 788. The van der Waals surface area contributed by atoms with Gasteiger partial charge in [0.2, 0.25) is 0 Å². The number of halogens is 1. The van der Waals surface area contributed by atoms with E-state index >= 15 is 0 Å². The van der Waals surface area contributed by atoms with Crippen molar-refractivity contribution in [3.8, 4) is 5.75 Å². The molecule has 0 fully saturated rings. The molecule has 24 heavy (non-hydrogen) atoms. The lowest BCUT2D eigenvalue weighted by molar-refractivity contribution is 0.177. The third-order valence-corrected chi connectivity index (χ3v) is 4.50. The zero-order valence-corrected chi connectivity index (χ0v) is 13.8. The van der Waals surface area contributed by atoms with Gasteiger partial charge in [0.15, 0.2) is 0 Å². The average Bonchev–Trinajstić information content (AvgIpc) is 2.63. The van der Waals surface area contributed by atoms with Gasteiger partial charge >= 0.3 is 0 Å². The Labute approximate surface area is 144 Å². The Hall–Kier alpha value is -2.30. The monoisotopic (exact) mass is 339 g/mol. The highest BCUT2D eigenvalue weighted by Gasteiger charge is 2.08. The third-order valence-electron chi connectivity index (χ3n) is 3.45. The van der Waals surface area contributed by atoms with E-state index in [9.17, 15) is 9.50 Å². The van der Waals surface area contributed by atoms with Crippen LogP contribution in [0.3, 0.4) is 0 Å². The molecule has 0 N–H and O–H groups in total. The molecule has 0 aliphatic heterocycles. The first-order valence-electron chi connectivity index (χ1n) is 7.56. The summed E-state index contributed by atoms with van der Waals surface area (Å²) < 4.78 is 19.0. The minimum atomic E-state index is -0.282. The molecule has 0 aromatic heterocycles. The Morgan fingerprint density at radius 3 is 2.33 bits per heavy atom. The first-order valence-corrected chi connectivity index (χ1v) is 8.37. The molecule has 0 amide bonds. The highest BCUT2D eigenvalue weighted by atomic mass is 32.2. The van der Waals surface area contributed by atoms with Gasteiger partial charge in [0.05, 0.1) is 4.90 Å². The molecular weight excluding hydrogens is 323 g/mol. The Balaban J connectivity index is 1.81. The van der Waals surface area contributed by atoms with Gasteiger partial charge in [-0.05, 0) is 47.5 Å². The Kier molecular flexibility index (Phi) is 5.51. The zero-order valence-electron chi connectivity index (χ0n) is 12.9. The van der Waals surface area contributed by atoms with Crippen molar-refractivity contribution >= 4 is 11.8 Å². The molecule has 0 heterocycles. The van der Waals surface area contributed by atoms with Crippen LogP contribution in [0.5, 0.6) is 5.75 Å². The van der Waals surface area contributed by atoms with Gasteiger partial charge in [0.1, 0.15) is 24.8 Å². The maximum Gasteiger partial charge on any atom is 0.133 e. The van der Waals surface area contributed by atoms with E-state index in [4.69, 9.17) is 4.74 Å². The second-order valence-corrected chi connectivity index (χ2v) is 6.37. The number of hydrogen-bond acceptors (Lipinski definition) is 2. The van der Waals surface area contributed by atoms with Gasteiger partial charge in [-0.15, -0.1) is 0 Å². The summed E-state index contributed by atoms with van der Waals surface area (Å²) >= 11 is 1.46. The van der Waals surface area contributed by atoms with Crippen LogP contribution in [0.1, 0.15) is 11.1 Å². The molecule has 121 valence electrons. The van der Waals surface area contributed by atoms with E-state index in [0.717, 1.165) is 15.4 Å². The molecule has 0 saturated carbocycles. The molecule has 0 aliphatic carbocycles. The lowest BCUT2D eigenvalue weighted by Crippen LogP contribution is -1.97. The average molecular weight is 339 g/mol. The lowest BCUT2D eigenvalue weighted by Gasteiger charge is -2.12. The number of rotatable bonds is 6. The first kappa shape index (κ1) is 16.6. The predicted molar refractivity (Wildman–Crippen MR) is 92.1 cm³/mol. The normalized spacial score (nSPS) is 10.6. The SMILES string of the molecule is [O]Cc1ccc(OCc2ccccc2)c(Sc2ccc(F)cc2)c1. The van der Waals surface area contributed by atoms with Crippen LogP contribution in [0.4, 0.5) is 4.39 Å². The van der Waals surface area contributed by atoms with E-state index in [-0.39, 0.29) is 12.4 Å². The molecule has 0 atom stereocenters. The van der Waals surface area contributed by atoms with E-state index in [1.54, 1.807) is 18.2 Å². The predicted octanol–water partition coefficient (Wildman–Crippen LogP) is 5.49. The van der Waals surface area contributed by atoms with E-state index < -0.39 is 0 Å². The smallest absolute Gasteiger partial charge is 0.133 e. The molecule has 0 aliphatic rings. The maximum absolute atomic E-state index is 13.1. The summed E-state index contributed by atoms with van der Waals surface area (Å²) in [6, 6.07) is 21.6. The van der Waals surface area contributed by atoms with E-state index in [2.05, 4.69) is 0 Å². The maximum atomic E-state index is 13.1. The molecule has 1 radical (unpaired) electrons. The van der Waals surface area contributed by atoms with Crippen LogP contribution in [-0.2, 0) is 18.3 Å². The summed E-state index contributed by atoms with van der Waals surface area (Å²) in [4.78, 5) is 1.75. The van der Waals surface area contributed by atoms with Crippen LogP contribution in [-0.4, -0.2) is 0 Å². The van der Waals surface area contributed by atoms with Crippen LogP contribution in [0.15, 0.2) is 82.6 Å². The summed E-state index contributed by atoms with van der Waals surface area (Å²) in [5, 5.41) is 11.2. The first-order chi connectivity index (χ1) is 11.7. The largest absolute Gasteiger partial charge is 0.488 e. The molecule has 0 saturated heterocycles. The highest BCUT2D eigenvalue weighted by Crippen LogP contribution is 2.36. The minimum Gasteiger partial charge on any atom is -0.488 e. The van der Waals surface area contributed by atoms with Gasteiger partial charge in [-0.25, -0.2) is 9.50 Å². The zero-order chi connectivity index (χ0) is 16.8. The van der Waals surface area contributed by atoms with Crippen molar-refractivity contribution in [2.75, 3.05) is 0 Å². The standard InChI is InChI=1S/C20H16FO2S/c21-17-7-9-18(10-8-17)24-20-12-16(13-22)6-11-19(20)23-14-15-4-2-1-3-5-15/h1-12H,13-14H2. The fourth-order valence-corrected chi connectivity index (χ4v) is 3.17. The molecule has 4 heteroatoms. The quantitative estimate of drug-likeness (QED) is 0.594. The van der Waals surface area contributed by atoms with Crippen LogP contribution in [0.2, 0.25) is 0 Å². The summed E-state index contributed by atoms with van der Waals surface area (Å²) in [5.41, 5.74) is 1.77. The van der Waals surface area contributed by atoms with Gasteiger partial charge in [-0.3, -0.25) is 0 Å². The summed E-state index contributed by atoms with van der Waals surface area (Å²) in [6.45, 7) is 0.171. The molecule has 3 rings (SSSR count). The fourth-order valence-electron chi connectivity index (χ4n) is 2.21. The van der Waals surface area contributed by atoms with E-state index in [1.807, 2.05) is 42.5 Å². The van der Waals surface area contributed by atoms with Gasteiger partial charge in [0.25, 0.3) is 0 Å². The highest BCUT2D eigenvalue weighted by molar-refractivity contribution is 7.99. The molecule has 0 bridgehead atoms. The summed E-state index contributed by atoms with van der Waals surface area (Å²) in [6.07, 6.45) is 0. The van der Waals surface area contributed by atoms with Crippen LogP contribution in [0.25, 0.3) is 0 Å². The van der Waals surface area contributed by atoms with Gasteiger partial charge in [-0.2, -0.15) is 0 Å². The Morgan fingerprint density at radius 1 is 0.875 bits per heavy atom. The van der Waals surface area contributed by atoms with Crippen molar-refractivity contribution in [3.05, 3.63) is 89.7 Å². The van der Waals surface area contributed by atoms with Crippen LogP contribution >= 0.6 is 11.8 Å². The molecular formula is C20H16FO2S. The van der Waals surface area contributed by atoms with Crippen molar-refractivity contribution in [3.63, 3.8) is 0 Å². The number of ether oxygens (including phenoxy) is 1. The Morgan fingerprint density at radius 2 is 1.62 bits per heavy atom. The van der Waals surface area contributed by atoms with Crippen molar-refractivity contribution in [1.82, 2.24) is 0 Å². The topological polar surface area (TPSA) is 29.1 Å².